The van der Waals surface area contributed by atoms with Crippen LogP contribution in [0.2, 0.25) is 0 Å². The monoisotopic (exact) mass is 318 g/mol. The number of benzene rings is 1. The molecule has 0 aromatic heterocycles. The van der Waals surface area contributed by atoms with E-state index in [-0.39, 0.29) is 0 Å². The van der Waals surface area contributed by atoms with Crippen LogP contribution in [-0.2, 0) is 9.09 Å². The Kier molecular flexibility index (Phi) is 7.13. The van der Waals surface area contributed by atoms with Crippen molar-refractivity contribution in [1.82, 2.24) is 0 Å². The zero-order valence-electron chi connectivity index (χ0n) is 11.8. The van der Waals surface area contributed by atoms with E-state index in [0.717, 1.165) is 6.42 Å². The van der Waals surface area contributed by atoms with Crippen molar-refractivity contribution in [1.29, 1.82) is 0 Å². The van der Waals surface area contributed by atoms with Gasteiger partial charge in [0.15, 0.2) is 6.29 Å². The lowest BCUT2D eigenvalue weighted by atomic mass is 10.2. The first kappa shape index (κ1) is 17.1. The maximum atomic E-state index is 12.5. The van der Waals surface area contributed by atoms with Crippen LogP contribution in [-0.4, -0.2) is 25.8 Å². The van der Waals surface area contributed by atoms with Gasteiger partial charge in [-0.05, 0) is 36.9 Å². The normalized spacial score (nSPS) is 13.6. The predicted octanol–water partition coefficient (Wildman–Crippen LogP) is 4.17. The minimum absolute atomic E-state index is 0.303. The quantitative estimate of drug-likeness (QED) is 0.503. The molecule has 0 fully saturated rings. The third-order valence-electron chi connectivity index (χ3n) is 2.29. The summed E-state index contributed by atoms with van der Waals surface area (Å²) in [6.45, 7) is 0.818. The van der Waals surface area contributed by atoms with Crippen LogP contribution in [0.5, 0.6) is 11.5 Å². The third kappa shape index (κ3) is 4.85. The molecule has 0 heterocycles. The van der Waals surface area contributed by atoms with Gasteiger partial charge in [-0.3, -0.25) is 9.32 Å². The number of methoxy groups -OCH3 is 1. The van der Waals surface area contributed by atoms with Gasteiger partial charge in [0.1, 0.15) is 11.5 Å². The van der Waals surface area contributed by atoms with Gasteiger partial charge in [0, 0.05) is 11.8 Å². The number of hydrogen-bond acceptors (Lipinski definition) is 6. The van der Waals surface area contributed by atoms with Gasteiger partial charge in [-0.1, -0.05) is 6.92 Å². The molecule has 0 bridgehead atoms. The summed E-state index contributed by atoms with van der Waals surface area (Å²) >= 11 is 1.17. The lowest BCUT2D eigenvalue weighted by molar-refractivity contribution is 0.112. The summed E-state index contributed by atoms with van der Waals surface area (Å²) in [7, 11) is 1.46. The minimum atomic E-state index is -3.24. The van der Waals surface area contributed by atoms with Crippen molar-refractivity contribution in [2.24, 2.45) is 0 Å². The average Bonchev–Trinajstić information content (AvgIpc) is 2.45. The maximum Gasteiger partial charge on any atom is 0.440 e. The van der Waals surface area contributed by atoms with E-state index >= 15 is 0 Å². The van der Waals surface area contributed by atoms with Gasteiger partial charge in [-0.25, -0.2) is 4.57 Å². The first-order chi connectivity index (χ1) is 9.58. The highest BCUT2D eigenvalue weighted by atomic mass is 32.7. The number of ether oxygens (including phenoxy) is 1. The second kappa shape index (κ2) is 8.35. The Morgan fingerprint density at radius 1 is 1.35 bits per heavy atom. The zero-order valence-corrected chi connectivity index (χ0v) is 13.5. The lowest BCUT2D eigenvalue weighted by Crippen LogP contribution is -1.97. The Hall–Kier alpha value is -0.970. The van der Waals surface area contributed by atoms with E-state index in [0.29, 0.717) is 35.7 Å². The van der Waals surface area contributed by atoms with Crippen molar-refractivity contribution in [3.63, 3.8) is 0 Å². The molecule has 0 saturated carbocycles. The predicted molar refractivity (Wildman–Crippen MR) is 81.0 cm³/mol. The molecule has 5 nitrogen and oxygen atoms in total. The molecule has 0 aliphatic heterocycles. The zero-order chi connectivity index (χ0) is 15.0. The van der Waals surface area contributed by atoms with Gasteiger partial charge >= 0.3 is 6.80 Å². The van der Waals surface area contributed by atoms with Crippen LogP contribution in [0.15, 0.2) is 18.2 Å². The third-order valence-corrected chi connectivity index (χ3v) is 6.24. The summed E-state index contributed by atoms with van der Waals surface area (Å²) in [6, 6.07) is 4.66. The fourth-order valence-electron chi connectivity index (χ4n) is 1.43. The molecule has 0 saturated heterocycles. The number of aldehydes is 1. The fraction of sp³-hybridized carbons (Fsp3) is 0.462. The first-order valence-electron chi connectivity index (χ1n) is 6.30. The van der Waals surface area contributed by atoms with Crippen LogP contribution in [0.1, 0.15) is 30.6 Å². The number of rotatable bonds is 9. The molecule has 1 unspecified atom stereocenters. The summed E-state index contributed by atoms with van der Waals surface area (Å²) in [5, 5.41) is 0. The molecular weight excluding hydrogens is 299 g/mol. The Labute approximate surface area is 123 Å². The molecule has 7 heteroatoms. The van der Waals surface area contributed by atoms with Gasteiger partial charge in [0.25, 0.3) is 0 Å². The van der Waals surface area contributed by atoms with E-state index in [1.807, 2.05) is 6.92 Å². The molecule has 112 valence electrons. The minimum Gasteiger partial charge on any atom is -0.496 e. The second-order valence-corrected chi connectivity index (χ2v) is 7.93. The van der Waals surface area contributed by atoms with E-state index in [9.17, 15) is 9.36 Å². The molecule has 1 aromatic carbocycles. The van der Waals surface area contributed by atoms with Gasteiger partial charge in [-0.2, -0.15) is 0 Å². The molecule has 20 heavy (non-hydrogen) atoms. The highest BCUT2D eigenvalue weighted by Crippen LogP contribution is 2.60. The average molecular weight is 318 g/mol. The standard InChI is InChI=1S/C13H19O5PS/c1-4-8-20-19(15,17-5-2)18-12-7-6-11(10-14)13(9-12)16-3/h6-7,9-10H,4-5,8H2,1-3H3. The van der Waals surface area contributed by atoms with Crippen molar-refractivity contribution in [2.45, 2.75) is 20.3 Å². The Morgan fingerprint density at radius 3 is 2.65 bits per heavy atom. The van der Waals surface area contributed by atoms with Crippen LogP contribution in [0.3, 0.4) is 0 Å². The van der Waals surface area contributed by atoms with Gasteiger partial charge < -0.3 is 9.26 Å². The Bertz CT molecular complexity index is 492. The van der Waals surface area contributed by atoms with Gasteiger partial charge in [0.05, 0.1) is 19.3 Å². The molecule has 0 N–H and O–H groups in total. The van der Waals surface area contributed by atoms with Crippen molar-refractivity contribution >= 4 is 24.5 Å². The van der Waals surface area contributed by atoms with Crippen molar-refractivity contribution in [3.8, 4) is 11.5 Å². The Morgan fingerprint density at radius 2 is 2.10 bits per heavy atom. The molecule has 0 aliphatic rings. The van der Waals surface area contributed by atoms with Crippen LogP contribution in [0, 0.1) is 0 Å². The summed E-state index contributed by atoms with van der Waals surface area (Å²) < 4.78 is 28.3. The lowest BCUT2D eigenvalue weighted by Gasteiger charge is -2.18. The van der Waals surface area contributed by atoms with E-state index in [1.54, 1.807) is 19.1 Å². The SMILES string of the molecule is CCCSP(=O)(OCC)Oc1ccc(C=O)c(OC)c1. The first-order valence-corrected chi connectivity index (χ1v) is 9.43. The molecular formula is C13H19O5PS. The van der Waals surface area contributed by atoms with E-state index in [4.69, 9.17) is 13.8 Å². The number of carbonyl (C=O) groups is 1. The molecule has 0 amide bonds. The van der Waals surface area contributed by atoms with Crippen molar-refractivity contribution in [2.75, 3.05) is 19.5 Å². The van der Waals surface area contributed by atoms with Crippen molar-refractivity contribution in [3.05, 3.63) is 23.8 Å². The van der Waals surface area contributed by atoms with Crippen LogP contribution >= 0.6 is 18.2 Å². The number of hydrogen-bond donors (Lipinski definition) is 0. The van der Waals surface area contributed by atoms with Gasteiger partial charge in [-0.15, -0.1) is 0 Å². The van der Waals surface area contributed by atoms with Crippen LogP contribution in [0.25, 0.3) is 0 Å². The summed E-state index contributed by atoms with van der Waals surface area (Å²) in [5.41, 5.74) is 0.410. The van der Waals surface area contributed by atoms with E-state index in [1.165, 1.54) is 24.6 Å². The Balaban J connectivity index is 2.93. The molecule has 0 radical (unpaired) electrons. The fourth-order valence-corrected chi connectivity index (χ4v) is 4.87. The molecule has 0 aliphatic carbocycles. The highest BCUT2D eigenvalue weighted by molar-refractivity contribution is 8.55. The van der Waals surface area contributed by atoms with E-state index in [2.05, 4.69) is 0 Å². The second-order valence-electron chi connectivity index (χ2n) is 3.81. The topological polar surface area (TPSA) is 61.8 Å². The van der Waals surface area contributed by atoms with Crippen LogP contribution in [0.4, 0.5) is 0 Å². The maximum absolute atomic E-state index is 12.5. The summed E-state index contributed by atoms with van der Waals surface area (Å²) in [4.78, 5) is 10.8. The molecule has 0 spiro atoms. The van der Waals surface area contributed by atoms with Crippen molar-refractivity contribution < 1.29 is 23.1 Å². The molecule has 1 aromatic rings. The number of carbonyl (C=O) groups excluding carboxylic acids is 1. The largest absolute Gasteiger partial charge is 0.496 e. The molecule has 1 rings (SSSR count). The van der Waals surface area contributed by atoms with Crippen LogP contribution < -0.4 is 9.26 Å². The summed E-state index contributed by atoms with van der Waals surface area (Å²) in [6.07, 6.45) is 1.56. The molecule has 1 atom stereocenters. The summed E-state index contributed by atoms with van der Waals surface area (Å²) in [5.74, 6) is 1.41. The smallest absolute Gasteiger partial charge is 0.440 e. The van der Waals surface area contributed by atoms with Gasteiger partial charge in [0.2, 0.25) is 0 Å². The highest BCUT2D eigenvalue weighted by Gasteiger charge is 2.26. The van der Waals surface area contributed by atoms with E-state index < -0.39 is 6.80 Å².